The van der Waals surface area contributed by atoms with Crippen molar-refractivity contribution in [3.05, 3.63) is 65.9 Å². The monoisotopic (exact) mass is 227 g/mol. The zero-order chi connectivity index (χ0) is 12.1. The molecule has 3 heteroatoms. The highest BCUT2D eigenvalue weighted by atomic mass is 16.4. The fourth-order valence-corrected chi connectivity index (χ4v) is 1.56. The van der Waals surface area contributed by atoms with Crippen molar-refractivity contribution in [2.75, 3.05) is 5.32 Å². The smallest absolute Gasteiger partial charge is 0.331 e. The summed E-state index contributed by atoms with van der Waals surface area (Å²) in [7, 11) is 0. The van der Waals surface area contributed by atoms with Gasteiger partial charge < -0.3 is 10.4 Å². The Hall–Kier alpha value is -2.29. The number of para-hydroxylation sites is 1. The number of anilines is 1. The Morgan fingerprint density at radius 2 is 1.94 bits per heavy atom. The molecular formula is C14H13NO2. The number of rotatable bonds is 3. The molecule has 0 heterocycles. The van der Waals surface area contributed by atoms with Crippen molar-refractivity contribution in [3.63, 3.8) is 0 Å². The lowest BCUT2D eigenvalue weighted by molar-refractivity contribution is -0.132. The van der Waals surface area contributed by atoms with E-state index in [9.17, 15) is 4.79 Å². The molecule has 2 N–H and O–H groups in total. The molecule has 0 atom stereocenters. The molecule has 2 rings (SSSR count). The van der Waals surface area contributed by atoms with E-state index in [1.54, 1.807) is 12.2 Å². The van der Waals surface area contributed by atoms with Crippen molar-refractivity contribution >= 4 is 11.7 Å². The molecule has 86 valence electrons. The molecule has 0 amide bonds. The molecular weight excluding hydrogens is 214 g/mol. The third kappa shape index (κ3) is 3.08. The quantitative estimate of drug-likeness (QED) is 0.834. The summed E-state index contributed by atoms with van der Waals surface area (Å²) in [5.74, 6) is -0.869. The standard InChI is InChI=1S/C14H13NO2/c16-14(17)11-5-4-8-13(10-9-11)15-12-6-2-1-3-7-12/h1-4,6-10,15H,5H2,(H,16,17). The maximum absolute atomic E-state index is 10.8. The first-order valence-corrected chi connectivity index (χ1v) is 5.38. The lowest BCUT2D eigenvalue weighted by atomic mass is 10.2. The summed E-state index contributed by atoms with van der Waals surface area (Å²) < 4.78 is 0. The predicted molar refractivity (Wildman–Crippen MR) is 67.6 cm³/mol. The van der Waals surface area contributed by atoms with E-state index in [1.165, 1.54) is 0 Å². The van der Waals surface area contributed by atoms with E-state index in [4.69, 9.17) is 5.11 Å². The fraction of sp³-hybridized carbons (Fsp3) is 0.0714. The largest absolute Gasteiger partial charge is 0.478 e. The van der Waals surface area contributed by atoms with Gasteiger partial charge in [-0.25, -0.2) is 4.79 Å². The van der Waals surface area contributed by atoms with Gasteiger partial charge in [-0.15, -0.1) is 0 Å². The summed E-state index contributed by atoms with van der Waals surface area (Å²) in [5.41, 5.74) is 2.26. The van der Waals surface area contributed by atoms with Crippen LogP contribution in [0.5, 0.6) is 0 Å². The van der Waals surface area contributed by atoms with Crippen molar-refractivity contribution in [2.45, 2.75) is 6.42 Å². The first kappa shape index (κ1) is 11.2. The van der Waals surface area contributed by atoms with Crippen LogP contribution in [0.1, 0.15) is 6.42 Å². The molecule has 0 fully saturated rings. The molecule has 0 saturated heterocycles. The number of hydrogen-bond donors (Lipinski definition) is 2. The maximum Gasteiger partial charge on any atom is 0.331 e. The zero-order valence-electron chi connectivity index (χ0n) is 9.26. The second-order valence-electron chi connectivity index (χ2n) is 3.72. The molecule has 0 aromatic heterocycles. The van der Waals surface area contributed by atoms with Crippen molar-refractivity contribution in [1.29, 1.82) is 0 Å². The molecule has 0 unspecified atom stereocenters. The minimum absolute atomic E-state index is 0.395. The first-order valence-electron chi connectivity index (χ1n) is 5.38. The molecule has 17 heavy (non-hydrogen) atoms. The lowest BCUT2D eigenvalue weighted by Crippen LogP contribution is -1.98. The molecule has 0 radical (unpaired) electrons. The molecule has 0 saturated carbocycles. The molecule has 0 aliphatic heterocycles. The third-order valence-corrected chi connectivity index (χ3v) is 2.44. The van der Waals surface area contributed by atoms with Gasteiger partial charge >= 0.3 is 5.97 Å². The van der Waals surface area contributed by atoms with Crippen LogP contribution in [0.2, 0.25) is 0 Å². The summed E-state index contributed by atoms with van der Waals surface area (Å²) in [5, 5.41) is 12.1. The van der Waals surface area contributed by atoms with Crippen LogP contribution in [-0.2, 0) is 4.79 Å². The highest BCUT2D eigenvalue weighted by molar-refractivity contribution is 5.87. The van der Waals surface area contributed by atoms with Crippen molar-refractivity contribution in [1.82, 2.24) is 0 Å². The number of carbonyl (C=O) groups is 1. The number of hydrogen-bond acceptors (Lipinski definition) is 2. The molecule has 3 nitrogen and oxygen atoms in total. The van der Waals surface area contributed by atoms with Gasteiger partial charge in [0.25, 0.3) is 0 Å². The Morgan fingerprint density at radius 3 is 2.65 bits per heavy atom. The minimum Gasteiger partial charge on any atom is -0.478 e. The molecule has 1 aromatic rings. The number of benzene rings is 1. The van der Waals surface area contributed by atoms with Gasteiger partial charge in [0.15, 0.2) is 0 Å². The topological polar surface area (TPSA) is 49.3 Å². The summed E-state index contributed by atoms with van der Waals surface area (Å²) in [6.45, 7) is 0. The van der Waals surface area contributed by atoms with E-state index >= 15 is 0 Å². The van der Waals surface area contributed by atoms with Gasteiger partial charge in [-0.1, -0.05) is 24.3 Å². The maximum atomic E-state index is 10.8. The van der Waals surface area contributed by atoms with E-state index in [1.807, 2.05) is 42.5 Å². The summed E-state index contributed by atoms with van der Waals surface area (Å²) >= 11 is 0. The van der Waals surface area contributed by atoms with Crippen LogP contribution >= 0.6 is 0 Å². The Morgan fingerprint density at radius 1 is 1.18 bits per heavy atom. The number of carboxylic acid groups (broad SMARTS) is 1. The molecule has 1 aliphatic carbocycles. The van der Waals surface area contributed by atoms with Crippen LogP contribution in [-0.4, -0.2) is 11.1 Å². The summed E-state index contributed by atoms with van der Waals surface area (Å²) in [6, 6.07) is 9.76. The molecule has 0 bridgehead atoms. The Labute approximate surface area is 99.8 Å². The van der Waals surface area contributed by atoms with Gasteiger partial charge in [-0.05, 0) is 36.8 Å². The Kier molecular flexibility index (Phi) is 3.40. The predicted octanol–water partition coefficient (Wildman–Crippen LogP) is 2.95. The van der Waals surface area contributed by atoms with E-state index in [0.29, 0.717) is 12.0 Å². The van der Waals surface area contributed by atoms with Gasteiger partial charge in [0.1, 0.15) is 0 Å². The van der Waals surface area contributed by atoms with E-state index in [-0.39, 0.29) is 0 Å². The van der Waals surface area contributed by atoms with Crippen molar-refractivity contribution in [3.8, 4) is 0 Å². The molecule has 0 spiro atoms. The Balaban J connectivity index is 2.15. The number of allylic oxidation sites excluding steroid dienone is 4. The van der Waals surface area contributed by atoms with Crippen LogP contribution < -0.4 is 5.32 Å². The third-order valence-electron chi connectivity index (χ3n) is 2.44. The first-order chi connectivity index (χ1) is 8.25. The summed E-state index contributed by atoms with van der Waals surface area (Å²) in [4.78, 5) is 10.8. The number of aliphatic carboxylic acids is 1. The van der Waals surface area contributed by atoms with E-state index in [0.717, 1.165) is 11.4 Å². The lowest BCUT2D eigenvalue weighted by Gasteiger charge is -2.05. The minimum atomic E-state index is -0.869. The van der Waals surface area contributed by atoms with Gasteiger partial charge in [0.2, 0.25) is 0 Å². The second-order valence-corrected chi connectivity index (χ2v) is 3.72. The average molecular weight is 227 g/mol. The van der Waals surface area contributed by atoms with Gasteiger partial charge in [-0.3, -0.25) is 0 Å². The molecule has 1 aliphatic rings. The van der Waals surface area contributed by atoms with Crippen molar-refractivity contribution in [2.24, 2.45) is 0 Å². The second kappa shape index (κ2) is 5.16. The van der Waals surface area contributed by atoms with Crippen LogP contribution in [0.3, 0.4) is 0 Å². The highest BCUT2D eigenvalue weighted by Crippen LogP contribution is 2.14. The van der Waals surface area contributed by atoms with E-state index < -0.39 is 5.97 Å². The number of nitrogens with one attached hydrogen (secondary N) is 1. The van der Waals surface area contributed by atoms with Crippen molar-refractivity contribution < 1.29 is 9.90 Å². The normalized spacial score (nSPS) is 14.6. The van der Waals surface area contributed by atoms with Crippen LogP contribution in [0.15, 0.2) is 65.9 Å². The van der Waals surface area contributed by atoms with Gasteiger partial charge in [0.05, 0.1) is 0 Å². The van der Waals surface area contributed by atoms with E-state index in [2.05, 4.69) is 5.32 Å². The number of carboxylic acids is 1. The van der Waals surface area contributed by atoms with Gasteiger partial charge in [-0.2, -0.15) is 0 Å². The fourth-order valence-electron chi connectivity index (χ4n) is 1.56. The van der Waals surface area contributed by atoms with Crippen LogP contribution in [0, 0.1) is 0 Å². The highest BCUT2D eigenvalue weighted by Gasteiger charge is 2.06. The van der Waals surface area contributed by atoms with Gasteiger partial charge in [0, 0.05) is 17.0 Å². The Bertz CT molecular complexity index is 498. The zero-order valence-corrected chi connectivity index (χ0v) is 9.26. The van der Waals surface area contributed by atoms with Crippen LogP contribution in [0.4, 0.5) is 5.69 Å². The SMILES string of the molecule is O=C(O)C1=CC=C(Nc2ccccc2)C=CC1. The summed E-state index contributed by atoms with van der Waals surface area (Å²) in [6.07, 6.45) is 7.59. The average Bonchev–Trinajstić information content (AvgIpc) is 2.56. The van der Waals surface area contributed by atoms with Crippen LogP contribution in [0.25, 0.3) is 0 Å². The molecule has 1 aromatic carbocycles.